The third kappa shape index (κ3) is 4.98. The van der Waals surface area contributed by atoms with Crippen LogP contribution >= 0.6 is 27.5 Å². The quantitative estimate of drug-likeness (QED) is 0.791. The van der Waals surface area contributed by atoms with Gasteiger partial charge in [-0.25, -0.2) is 0 Å². The van der Waals surface area contributed by atoms with Crippen LogP contribution in [-0.2, 0) is 6.54 Å². The average molecular weight is 292 g/mol. The zero-order valence-corrected chi connectivity index (χ0v) is 10.9. The van der Waals surface area contributed by atoms with E-state index in [9.17, 15) is 0 Å². The molecule has 0 saturated heterocycles. The van der Waals surface area contributed by atoms with Gasteiger partial charge in [0.1, 0.15) is 0 Å². The zero-order chi connectivity index (χ0) is 11.1. The molecule has 4 heteroatoms. The Bertz CT molecular complexity index is 305. The van der Waals surface area contributed by atoms with Crippen molar-refractivity contribution in [2.24, 2.45) is 5.73 Å². The van der Waals surface area contributed by atoms with Crippen molar-refractivity contribution in [1.29, 1.82) is 0 Å². The van der Waals surface area contributed by atoms with E-state index in [0.717, 1.165) is 42.0 Å². The fraction of sp³-hybridized carbons (Fsp3) is 0.455. The molecule has 0 unspecified atom stereocenters. The van der Waals surface area contributed by atoms with Crippen molar-refractivity contribution in [2.75, 3.05) is 13.1 Å². The van der Waals surface area contributed by atoms with Crippen LogP contribution in [0.2, 0.25) is 5.02 Å². The predicted molar refractivity (Wildman–Crippen MR) is 69.1 cm³/mol. The minimum atomic E-state index is 0.766. The molecule has 0 spiro atoms. The third-order valence-corrected chi connectivity index (χ3v) is 3.14. The van der Waals surface area contributed by atoms with E-state index in [4.69, 9.17) is 17.3 Å². The van der Waals surface area contributed by atoms with Gasteiger partial charge in [0, 0.05) is 16.0 Å². The summed E-state index contributed by atoms with van der Waals surface area (Å²) in [5, 5.41) is 4.14. The second-order valence-electron chi connectivity index (χ2n) is 3.41. The second-order valence-corrected chi connectivity index (χ2v) is 4.70. The molecule has 0 aliphatic carbocycles. The van der Waals surface area contributed by atoms with Crippen LogP contribution in [0.25, 0.3) is 0 Å². The molecule has 1 rings (SSSR count). The molecule has 0 saturated carbocycles. The first-order valence-corrected chi connectivity index (χ1v) is 6.26. The first-order chi connectivity index (χ1) is 7.24. The number of halogens is 2. The van der Waals surface area contributed by atoms with E-state index in [1.807, 2.05) is 18.2 Å². The number of nitrogens with one attached hydrogen (secondary N) is 1. The lowest BCUT2D eigenvalue weighted by atomic mass is 10.2. The Morgan fingerprint density at radius 2 is 2.13 bits per heavy atom. The van der Waals surface area contributed by atoms with Crippen LogP contribution in [0.15, 0.2) is 22.7 Å². The van der Waals surface area contributed by atoms with Crippen molar-refractivity contribution < 1.29 is 0 Å². The van der Waals surface area contributed by atoms with Crippen LogP contribution in [0.1, 0.15) is 18.4 Å². The Labute approximate surface area is 104 Å². The van der Waals surface area contributed by atoms with Crippen LogP contribution in [0.4, 0.5) is 0 Å². The molecule has 0 amide bonds. The number of hydrogen-bond donors (Lipinski definition) is 2. The van der Waals surface area contributed by atoms with E-state index >= 15 is 0 Å². The fourth-order valence-electron chi connectivity index (χ4n) is 1.30. The second kappa shape index (κ2) is 7.23. The summed E-state index contributed by atoms with van der Waals surface area (Å²) < 4.78 is 1.10. The van der Waals surface area contributed by atoms with Crippen molar-refractivity contribution in [3.63, 3.8) is 0 Å². The first kappa shape index (κ1) is 13.0. The molecule has 0 aliphatic rings. The molecule has 0 aliphatic heterocycles. The Morgan fingerprint density at radius 1 is 1.33 bits per heavy atom. The largest absolute Gasteiger partial charge is 0.330 e. The van der Waals surface area contributed by atoms with E-state index in [-0.39, 0.29) is 0 Å². The van der Waals surface area contributed by atoms with Gasteiger partial charge >= 0.3 is 0 Å². The minimum Gasteiger partial charge on any atom is -0.330 e. The topological polar surface area (TPSA) is 38.0 Å². The van der Waals surface area contributed by atoms with Gasteiger partial charge in [0.2, 0.25) is 0 Å². The molecular formula is C11H16BrClN2. The molecule has 1 aromatic rings. The van der Waals surface area contributed by atoms with Crippen LogP contribution < -0.4 is 11.1 Å². The summed E-state index contributed by atoms with van der Waals surface area (Å²) in [7, 11) is 0. The van der Waals surface area contributed by atoms with Crippen molar-refractivity contribution >= 4 is 27.5 Å². The van der Waals surface area contributed by atoms with Gasteiger partial charge in [-0.1, -0.05) is 27.5 Å². The van der Waals surface area contributed by atoms with Gasteiger partial charge in [0.15, 0.2) is 0 Å². The Morgan fingerprint density at radius 3 is 2.87 bits per heavy atom. The maximum absolute atomic E-state index is 5.91. The fourth-order valence-corrected chi connectivity index (χ4v) is 1.88. The third-order valence-electron chi connectivity index (χ3n) is 2.13. The maximum atomic E-state index is 5.91. The molecule has 0 fully saturated rings. The van der Waals surface area contributed by atoms with Gasteiger partial charge in [-0.2, -0.15) is 0 Å². The monoisotopic (exact) mass is 290 g/mol. The summed E-state index contributed by atoms with van der Waals surface area (Å²) in [6, 6.07) is 5.82. The lowest BCUT2D eigenvalue weighted by Crippen LogP contribution is -2.16. The molecule has 2 nitrogen and oxygen atoms in total. The minimum absolute atomic E-state index is 0.766. The summed E-state index contributed by atoms with van der Waals surface area (Å²) in [5.74, 6) is 0. The summed E-state index contributed by atoms with van der Waals surface area (Å²) >= 11 is 9.41. The van der Waals surface area contributed by atoms with E-state index < -0.39 is 0 Å². The van der Waals surface area contributed by atoms with Gasteiger partial charge < -0.3 is 11.1 Å². The number of benzene rings is 1. The normalized spacial score (nSPS) is 10.6. The van der Waals surface area contributed by atoms with Crippen LogP contribution in [0, 0.1) is 0 Å². The highest BCUT2D eigenvalue weighted by atomic mass is 79.9. The Kier molecular flexibility index (Phi) is 6.25. The molecule has 0 atom stereocenters. The number of nitrogens with two attached hydrogens (primary N) is 1. The van der Waals surface area contributed by atoms with E-state index in [1.165, 1.54) is 5.56 Å². The molecule has 0 radical (unpaired) electrons. The predicted octanol–water partition coefficient (Wildman–Crippen LogP) is 2.93. The SMILES string of the molecule is NCCCCNCc1cc(Cl)ccc1Br. The van der Waals surface area contributed by atoms with Crippen molar-refractivity contribution in [1.82, 2.24) is 5.32 Å². The molecule has 0 heterocycles. The summed E-state index contributed by atoms with van der Waals surface area (Å²) in [5.41, 5.74) is 6.60. The molecule has 0 aromatic heterocycles. The summed E-state index contributed by atoms with van der Waals surface area (Å²) in [6.45, 7) is 2.60. The molecule has 84 valence electrons. The maximum Gasteiger partial charge on any atom is 0.0410 e. The van der Waals surface area contributed by atoms with Gasteiger partial charge in [0.05, 0.1) is 0 Å². The molecule has 3 N–H and O–H groups in total. The average Bonchev–Trinajstić information content (AvgIpc) is 2.23. The van der Waals surface area contributed by atoms with E-state index in [2.05, 4.69) is 21.2 Å². The van der Waals surface area contributed by atoms with Crippen LogP contribution in [0.5, 0.6) is 0 Å². The molecule has 15 heavy (non-hydrogen) atoms. The van der Waals surface area contributed by atoms with Gasteiger partial charge in [0.25, 0.3) is 0 Å². The number of unbranched alkanes of at least 4 members (excludes halogenated alkanes) is 1. The van der Waals surface area contributed by atoms with Crippen molar-refractivity contribution in [2.45, 2.75) is 19.4 Å². The highest BCUT2D eigenvalue weighted by Crippen LogP contribution is 2.20. The summed E-state index contributed by atoms with van der Waals surface area (Å²) in [6.07, 6.45) is 2.19. The standard InChI is InChI=1S/C11H16BrClN2/c12-11-4-3-10(13)7-9(11)8-15-6-2-1-5-14/h3-4,7,15H,1-2,5-6,8,14H2. The zero-order valence-electron chi connectivity index (χ0n) is 8.60. The lowest BCUT2D eigenvalue weighted by Gasteiger charge is -2.07. The Hall–Kier alpha value is -0.0900. The van der Waals surface area contributed by atoms with Crippen LogP contribution in [0.3, 0.4) is 0 Å². The van der Waals surface area contributed by atoms with E-state index in [1.54, 1.807) is 0 Å². The smallest absolute Gasteiger partial charge is 0.0410 e. The highest BCUT2D eigenvalue weighted by molar-refractivity contribution is 9.10. The lowest BCUT2D eigenvalue weighted by molar-refractivity contribution is 0.626. The van der Waals surface area contributed by atoms with E-state index in [0.29, 0.717) is 0 Å². The van der Waals surface area contributed by atoms with Gasteiger partial charge in [-0.15, -0.1) is 0 Å². The Balaban J connectivity index is 2.33. The van der Waals surface area contributed by atoms with Crippen molar-refractivity contribution in [3.8, 4) is 0 Å². The number of hydrogen-bond acceptors (Lipinski definition) is 2. The van der Waals surface area contributed by atoms with Gasteiger partial charge in [-0.3, -0.25) is 0 Å². The molecular weight excluding hydrogens is 275 g/mol. The number of rotatable bonds is 6. The molecule has 0 bridgehead atoms. The van der Waals surface area contributed by atoms with Crippen molar-refractivity contribution in [3.05, 3.63) is 33.3 Å². The molecule has 1 aromatic carbocycles. The highest BCUT2D eigenvalue weighted by Gasteiger charge is 1.99. The summed E-state index contributed by atoms with van der Waals surface area (Å²) in [4.78, 5) is 0. The van der Waals surface area contributed by atoms with Crippen LogP contribution in [-0.4, -0.2) is 13.1 Å². The first-order valence-electron chi connectivity index (χ1n) is 5.08. The van der Waals surface area contributed by atoms with Gasteiger partial charge in [-0.05, 0) is 49.7 Å².